The van der Waals surface area contributed by atoms with Crippen LogP contribution in [0.3, 0.4) is 0 Å². The summed E-state index contributed by atoms with van der Waals surface area (Å²) in [5, 5.41) is 34.6. The molecule has 0 heterocycles. The molecule has 0 aliphatic rings. The van der Waals surface area contributed by atoms with Crippen LogP contribution in [0, 0.1) is 24.0 Å². The molecule has 0 radical (unpaired) electrons. The summed E-state index contributed by atoms with van der Waals surface area (Å²) in [6, 6.07) is 12.8. The van der Waals surface area contributed by atoms with Crippen LogP contribution in [0.4, 0.5) is 17.1 Å². The number of phenols is 2. The Morgan fingerprint density at radius 2 is 1.75 bits per heavy atom. The van der Waals surface area contributed by atoms with Crippen molar-refractivity contribution in [1.29, 1.82) is 0 Å². The topological polar surface area (TPSA) is 154 Å². The zero-order chi connectivity index (χ0) is 23.5. The van der Waals surface area contributed by atoms with Crippen molar-refractivity contribution in [3.05, 3.63) is 81.4 Å². The van der Waals surface area contributed by atoms with Crippen LogP contribution in [-0.2, 0) is 10.0 Å². The van der Waals surface area contributed by atoms with Crippen LogP contribution < -0.4 is 10.1 Å². The first-order valence-electron chi connectivity index (χ1n) is 9.27. The lowest BCUT2D eigenvalue weighted by Gasteiger charge is -2.12. The van der Waals surface area contributed by atoms with Crippen LogP contribution in [0.25, 0.3) is 0 Å². The zero-order valence-corrected chi connectivity index (χ0v) is 17.9. The van der Waals surface area contributed by atoms with Crippen molar-refractivity contribution in [1.82, 2.24) is 0 Å². The van der Waals surface area contributed by atoms with Crippen LogP contribution >= 0.6 is 0 Å². The summed E-state index contributed by atoms with van der Waals surface area (Å²) in [5.74, 6) is -0.739. The Labute approximate surface area is 184 Å². The molecule has 0 aliphatic heterocycles. The van der Waals surface area contributed by atoms with Crippen LogP contribution in [0.2, 0.25) is 0 Å². The van der Waals surface area contributed by atoms with Gasteiger partial charge in [0, 0.05) is 11.6 Å². The van der Waals surface area contributed by atoms with E-state index in [1.54, 1.807) is 19.1 Å². The van der Waals surface area contributed by atoms with E-state index < -0.39 is 26.4 Å². The van der Waals surface area contributed by atoms with Crippen LogP contribution in [0.5, 0.6) is 11.5 Å². The number of aryl methyl sites for hydroxylation is 2. The normalized spacial score (nSPS) is 11.4. The van der Waals surface area contributed by atoms with Gasteiger partial charge in [0.05, 0.1) is 21.7 Å². The minimum Gasteiger partial charge on any atom is -0.504 e. The number of nitrogens with zero attached hydrogens (tertiary/aromatic N) is 2. The molecule has 0 aliphatic carbocycles. The number of para-hydroxylation sites is 1. The third-order valence-corrected chi connectivity index (χ3v) is 5.90. The molecular weight excluding hydrogens is 436 g/mol. The monoisotopic (exact) mass is 456 g/mol. The van der Waals surface area contributed by atoms with Gasteiger partial charge in [-0.15, -0.1) is 0 Å². The van der Waals surface area contributed by atoms with Gasteiger partial charge >= 0.3 is 0 Å². The van der Waals surface area contributed by atoms with E-state index >= 15 is 0 Å². The van der Waals surface area contributed by atoms with E-state index in [1.807, 2.05) is 13.0 Å². The summed E-state index contributed by atoms with van der Waals surface area (Å²) in [6.07, 6.45) is 1.16. The minimum atomic E-state index is -4.08. The van der Waals surface area contributed by atoms with Crippen LogP contribution in [-0.4, -0.2) is 29.8 Å². The van der Waals surface area contributed by atoms with Gasteiger partial charge in [0.25, 0.3) is 15.7 Å². The number of benzene rings is 3. The third kappa shape index (κ3) is 4.95. The summed E-state index contributed by atoms with van der Waals surface area (Å²) >= 11 is 0. The number of hydrogen-bond donors (Lipinski definition) is 4. The lowest BCUT2D eigenvalue weighted by molar-refractivity contribution is -0.384. The molecule has 0 bridgehead atoms. The van der Waals surface area contributed by atoms with Crippen molar-refractivity contribution in [3.8, 4) is 11.5 Å². The van der Waals surface area contributed by atoms with Gasteiger partial charge in [-0.05, 0) is 49.7 Å². The van der Waals surface area contributed by atoms with Crippen molar-refractivity contribution in [2.75, 3.05) is 10.1 Å². The molecule has 32 heavy (non-hydrogen) atoms. The largest absolute Gasteiger partial charge is 0.504 e. The maximum Gasteiger partial charge on any atom is 0.295 e. The number of aromatic hydroxyl groups is 2. The molecule has 0 atom stereocenters. The van der Waals surface area contributed by atoms with Crippen molar-refractivity contribution in [2.24, 2.45) is 5.10 Å². The van der Waals surface area contributed by atoms with Crippen molar-refractivity contribution < 1.29 is 23.6 Å². The van der Waals surface area contributed by atoms with E-state index in [4.69, 9.17) is 0 Å². The molecule has 11 heteroatoms. The number of hydrogen-bond acceptors (Lipinski definition) is 8. The second-order valence-corrected chi connectivity index (χ2v) is 8.63. The van der Waals surface area contributed by atoms with Crippen LogP contribution in [0.15, 0.2) is 64.6 Å². The fourth-order valence-electron chi connectivity index (χ4n) is 2.88. The summed E-state index contributed by atoms with van der Waals surface area (Å²) in [7, 11) is -4.08. The molecule has 3 rings (SSSR count). The molecule has 166 valence electrons. The molecule has 0 saturated heterocycles. The zero-order valence-electron chi connectivity index (χ0n) is 17.1. The van der Waals surface area contributed by atoms with Crippen molar-refractivity contribution in [3.63, 3.8) is 0 Å². The Kier molecular flexibility index (Phi) is 6.30. The van der Waals surface area contributed by atoms with Gasteiger partial charge in [-0.3, -0.25) is 20.3 Å². The maximum atomic E-state index is 12.8. The maximum absolute atomic E-state index is 12.8. The number of phenolic OH excluding ortho intramolecular Hbond substituents is 2. The Balaban J connectivity index is 1.87. The van der Waals surface area contributed by atoms with E-state index in [2.05, 4.69) is 15.2 Å². The first-order valence-corrected chi connectivity index (χ1v) is 10.8. The van der Waals surface area contributed by atoms with Gasteiger partial charge in [0.2, 0.25) is 0 Å². The summed E-state index contributed by atoms with van der Waals surface area (Å²) < 4.78 is 28.0. The highest BCUT2D eigenvalue weighted by Gasteiger charge is 2.22. The average molecular weight is 456 g/mol. The minimum absolute atomic E-state index is 0.0589. The Hall–Kier alpha value is -4.12. The van der Waals surface area contributed by atoms with E-state index in [9.17, 15) is 28.7 Å². The van der Waals surface area contributed by atoms with Gasteiger partial charge in [0.1, 0.15) is 5.69 Å². The van der Waals surface area contributed by atoms with Crippen molar-refractivity contribution in [2.45, 2.75) is 18.7 Å². The smallest absolute Gasteiger partial charge is 0.295 e. The molecule has 0 amide bonds. The fourth-order valence-corrected chi connectivity index (χ4v) is 4.03. The van der Waals surface area contributed by atoms with Gasteiger partial charge in [-0.25, -0.2) is 8.42 Å². The molecule has 4 N–H and O–H groups in total. The number of hydrazone groups is 1. The van der Waals surface area contributed by atoms with E-state index in [0.29, 0.717) is 11.3 Å². The first-order chi connectivity index (χ1) is 15.1. The highest BCUT2D eigenvalue weighted by Crippen LogP contribution is 2.30. The highest BCUT2D eigenvalue weighted by atomic mass is 32.2. The number of nitro groups is 1. The number of sulfonamides is 1. The van der Waals surface area contributed by atoms with Gasteiger partial charge in [0.15, 0.2) is 11.5 Å². The van der Waals surface area contributed by atoms with E-state index in [1.165, 1.54) is 30.3 Å². The SMILES string of the molecule is Cc1ccc(NS(=O)(=O)c2ccc(NN=Cc3cccc(O)c3O)c([N+](=O)[O-])c2)c(C)c1. The van der Waals surface area contributed by atoms with Crippen molar-refractivity contribution >= 4 is 33.3 Å². The summed E-state index contributed by atoms with van der Waals surface area (Å²) in [5.41, 5.74) is 4.12. The highest BCUT2D eigenvalue weighted by molar-refractivity contribution is 7.92. The lowest BCUT2D eigenvalue weighted by Crippen LogP contribution is -2.14. The molecule has 0 fully saturated rings. The predicted molar refractivity (Wildman–Crippen MR) is 121 cm³/mol. The van der Waals surface area contributed by atoms with Gasteiger partial charge < -0.3 is 10.2 Å². The molecule has 10 nitrogen and oxygen atoms in total. The van der Waals surface area contributed by atoms with Gasteiger partial charge in [-0.1, -0.05) is 23.8 Å². The van der Waals surface area contributed by atoms with Crippen LogP contribution in [0.1, 0.15) is 16.7 Å². The number of nitro benzene ring substituents is 1. The molecule has 0 saturated carbocycles. The molecular formula is C21H20N4O6S. The predicted octanol–water partition coefficient (Wildman–Crippen LogP) is 3.87. The van der Waals surface area contributed by atoms with E-state index in [0.717, 1.165) is 17.8 Å². The standard InChI is InChI=1S/C21H20N4O6S/c1-13-6-8-17(14(2)10-13)24-32(30,31)16-7-9-18(19(11-16)25(28)29)23-22-12-15-4-3-5-20(26)21(15)27/h3-12,23-24,26-27H,1-2H3. The van der Waals surface area contributed by atoms with Gasteiger partial charge in [-0.2, -0.15) is 5.10 Å². The Morgan fingerprint density at radius 1 is 1.03 bits per heavy atom. The molecule has 0 unspecified atom stereocenters. The lowest BCUT2D eigenvalue weighted by atomic mass is 10.1. The number of rotatable bonds is 7. The molecule has 3 aromatic carbocycles. The second-order valence-electron chi connectivity index (χ2n) is 6.94. The Morgan fingerprint density at radius 3 is 2.44 bits per heavy atom. The molecule has 0 spiro atoms. The Bertz CT molecular complexity index is 1320. The summed E-state index contributed by atoms with van der Waals surface area (Å²) in [4.78, 5) is 10.5. The number of anilines is 2. The average Bonchev–Trinajstić information content (AvgIpc) is 2.73. The fraction of sp³-hybridized carbons (Fsp3) is 0.0952. The second kappa shape index (κ2) is 8.94. The number of nitrogens with one attached hydrogen (secondary N) is 2. The third-order valence-electron chi connectivity index (χ3n) is 4.54. The quantitative estimate of drug-likeness (QED) is 0.182. The van der Waals surface area contributed by atoms with E-state index in [-0.39, 0.29) is 21.9 Å². The molecule has 0 aromatic heterocycles. The molecule has 3 aromatic rings. The first kappa shape index (κ1) is 22.6. The summed E-state index contributed by atoms with van der Waals surface area (Å²) in [6.45, 7) is 3.63.